The predicted octanol–water partition coefficient (Wildman–Crippen LogP) is 12.7. The van der Waals surface area contributed by atoms with Gasteiger partial charge in [-0.3, -0.25) is 0 Å². The lowest BCUT2D eigenvalue weighted by Gasteiger charge is -2.14. The molecule has 5 nitrogen and oxygen atoms in total. The molecule has 0 bridgehead atoms. The molecule has 11 rings (SSSR count). The summed E-state index contributed by atoms with van der Waals surface area (Å²) in [4.78, 5) is 19.7. The van der Waals surface area contributed by atoms with Crippen molar-refractivity contribution in [2.75, 3.05) is 0 Å². The van der Waals surface area contributed by atoms with Gasteiger partial charge in [0.2, 0.25) is 5.89 Å². The van der Waals surface area contributed by atoms with Gasteiger partial charge < -0.3 is 4.42 Å². The van der Waals surface area contributed by atoms with Crippen LogP contribution in [0.3, 0.4) is 0 Å². The Morgan fingerprint density at radius 3 is 1.45 bits per heavy atom. The molecule has 2 aromatic heterocycles. The molecule has 262 valence electrons. The Hall–Kier alpha value is -7.50. The highest BCUT2D eigenvalue weighted by Crippen LogP contribution is 2.44. The lowest BCUT2D eigenvalue weighted by molar-refractivity contribution is 0.620. The van der Waals surface area contributed by atoms with Gasteiger partial charge in [-0.2, -0.15) is 0 Å². The van der Waals surface area contributed by atoms with Crippen molar-refractivity contribution in [3.05, 3.63) is 193 Å². The molecule has 0 radical (unpaired) electrons. The second-order valence-electron chi connectivity index (χ2n) is 14.2. The van der Waals surface area contributed by atoms with Crippen molar-refractivity contribution in [2.24, 2.45) is 0 Å². The number of fused-ring (bicyclic) bond motifs is 6. The zero-order valence-corrected chi connectivity index (χ0v) is 30.2. The van der Waals surface area contributed by atoms with Crippen LogP contribution in [0.4, 0.5) is 0 Å². The van der Waals surface area contributed by atoms with Crippen LogP contribution in [0.2, 0.25) is 0 Å². The van der Waals surface area contributed by atoms with E-state index in [-0.39, 0.29) is 0 Å². The summed E-state index contributed by atoms with van der Waals surface area (Å²) in [6.45, 7) is 0. The summed E-state index contributed by atoms with van der Waals surface area (Å²) in [6, 6.07) is 63.2. The minimum Gasteiger partial charge on any atom is -0.436 e. The van der Waals surface area contributed by atoms with Gasteiger partial charge in [-0.15, -0.1) is 0 Å². The van der Waals surface area contributed by atoms with E-state index < -0.39 is 0 Å². The molecule has 1 aliphatic rings. The molecule has 0 spiro atoms. The van der Waals surface area contributed by atoms with Crippen molar-refractivity contribution in [2.45, 2.75) is 6.42 Å². The second kappa shape index (κ2) is 13.1. The first-order chi connectivity index (χ1) is 27.7. The molecule has 8 aromatic carbocycles. The highest BCUT2D eigenvalue weighted by atomic mass is 16.3. The van der Waals surface area contributed by atoms with Crippen LogP contribution < -0.4 is 0 Å². The van der Waals surface area contributed by atoms with Crippen LogP contribution in [-0.4, -0.2) is 19.9 Å². The SMILES string of the molecule is c1ccc(-c2nc(-c3ccccc3)nc(-c3ccc(-c4ccc(-c5ccc6c(c5)-c5ccc7oc(-c8ccccc8)nc7c5C6)c5ccccc45)cc3)n2)cc1. The number of hydrogen-bond donors (Lipinski definition) is 0. The number of rotatable bonds is 6. The van der Waals surface area contributed by atoms with Crippen molar-refractivity contribution >= 4 is 21.9 Å². The molecule has 0 N–H and O–H groups in total. The van der Waals surface area contributed by atoms with E-state index >= 15 is 0 Å². The number of nitrogens with zero attached hydrogens (tertiary/aromatic N) is 4. The van der Waals surface area contributed by atoms with Crippen LogP contribution in [0.25, 0.3) is 101 Å². The predicted molar refractivity (Wildman–Crippen MR) is 226 cm³/mol. The first-order valence-electron chi connectivity index (χ1n) is 18.8. The number of hydrogen-bond acceptors (Lipinski definition) is 5. The van der Waals surface area contributed by atoms with Crippen molar-refractivity contribution < 1.29 is 4.42 Å². The average Bonchev–Trinajstić information content (AvgIpc) is 3.89. The molecular weight excluding hydrogens is 685 g/mol. The molecule has 0 fully saturated rings. The van der Waals surface area contributed by atoms with Crippen LogP contribution in [0.5, 0.6) is 0 Å². The third-order valence-electron chi connectivity index (χ3n) is 10.8. The van der Waals surface area contributed by atoms with Gasteiger partial charge in [-0.25, -0.2) is 19.9 Å². The first kappa shape index (κ1) is 32.0. The number of benzene rings is 8. The minimum atomic E-state index is 0.642. The van der Waals surface area contributed by atoms with Crippen molar-refractivity contribution in [3.63, 3.8) is 0 Å². The van der Waals surface area contributed by atoms with Crippen molar-refractivity contribution in [3.8, 4) is 79.0 Å². The summed E-state index contributed by atoms with van der Waals surface area (Å²) in [7, 11) is 0. The largest absolute Gasteiger partial charge is 0.436 e. The van der Waals surface area contributed by atoms with Crippen LogP contribution in [-0.2, 0) is 6.42 Å². The van der Waals surface area contributed by atoms with E-state index in [9.17, 15) is 0 Å². The highest BCUT2D eigenvalue weighted by molar-refractivity contribution is 6.05. The minimum absolute atomic E-state index is 0.642. The van der Waals surface area contributed by atoms with Crippen molar-refractivity contribution in [1.82, 2.24) is 19.9 Å². The molecule has 1 aliphatic carbocycles. The zero-order valence-electron chi connectivity index (χ0n) is 30.2. The average molecular weight is 717 g/mol. The maximum Gasteiger partial charge on any atom is 0.227 e. The lowest BCUT2D eigenvalue weighted by Crippen LogP contribution is -2.00. The van der Waals surface area contributed by atoms with E-state index in [4.69, 9.17) is 24.4 Å². The second-order valence-corrected chi connectivity index (χ2v) is 14.2. The zero-order chi connectivity index (χ0) is 37.0. The molecular formula is C51H32N4O. The fourth-order valence-electron chi connectivity index (χ4n) is 8.06. The molecule has 2 heterocycles. The fraction of sp³-hybridized carbons (Fsp3) is 0.0196. The summed E-state index contributed by atoms with van der Waals surface area (Å²) in [5, 5.41) is 2.42. The lowest BCUT2D eigenvalue weighted by atomic mass is 9.90. The summed E-state index contributed by atoms with van der Waals surface area (Å²) < 4.78 is 6.22. The van der Waals surface area contributed by atoms with Crippen LogP contribution in [0, 0.1) is 0 Å². The highest BCUT2D eigenvalue weighted by Gasteiger charge is 2.24. The molecule has 56 heavy (non-hydrogen) atoms. The molecule has 0 aliphatic heterocycles. The first-order valence-corrected chi connectivity index (χ1v) is 18.8. The van der Waals surface area contributed by atoms with Gasteiger partial charge in [0, 0.05) is 28.7 Å². The standard InChI is InChI=1S/C51H32N4O/c1-4-12-33(13-5-1)48-53-49(34-14-6-2-7-15-34)55-50(54-48)35-22-20-32(21-23-35)39-26-27-40(42-19-11-10-18-41(39)42)37-24-25-38-31-45-43(44(38)30-37)28-29-46-47(45)52-51(56-46)36-16-8-3-9-17-36/h1-30H,31H2. The Bertz CT molecular complexity index is 3030. The Morgan fingerprint density at radius 2 is 0.839 bits per heavy atom. The van der Waals surface area contributed by atoms with Crippen LogP contribution in [0.15, 0.2) is 186 Å². The van der Waals surface area contributed by atoms with Gasteiger partial charge in [0.15, 0.2) is 23.1 Å². The Kier molecular flexibility index (Phi) is 7.49. The summed E-state index contributed by atoms with van der Waals surface area (Å²) in [5.74, 6) is 2.60. The number of oxazole rings is 1. The van der Waals surface area contributed by atoms with E-state index in [0.717, 1.165) is 45.3 Å². The Labute approximate surface area is 323 Å². The molecule has 0 atom stereocenters. The van der Waals surface area contributed by atoms with Gasteiger partial charge in [-0.05, 0) is 79.5 Å². The van der Waals surface area contributed by atoms with Gasteiger partial charge in [0.1, 0.15) is 5.52 Å². The molecule has 0 unspecified atom stereocenters. The Balaban J connectivity index is 0.948. The van der Waals surface area contributed by atoms with E-state index in [0.29, 0.717) is 23.4 Å². The summed E-state index contributed by atoms with van der Waals surface area (Å²) in [6.07, 6.45) is 0.838. The maximum atomic E-state index is 6.22. The summed E-state index contributed by atoms with van der Waals surface area (Å²) in [5.41, 5.74) is 15.3. The molecule has 10 aromatic rings. The van der Waals surface area contributed by atoms with Gasteiger partial charge in [-0.1, -0.05) is 158 Å². The smallest absolute Gasteiger partial charge is 0.227 e. The van der Waals surface area contributed by atoms with Crippen molar-refractivity contribution in [1.29, 1.82) is 0 Å². The fourth-order valence-corrected chi connectivity index (χ4v) is 8.06. The topological polar surface area (TPSA) is 64.7 Å². The molecule has 5 heteroatoms. The van der Waals surface area contributed by atoms with Crippen LogP contribution in [0.1, 0.15) is 11.1 Å². The van der Waals surface area contributed by atoms with Crippen LogP contribution >= 0.6 is 0 Å². The van der Waals surface area contributed by atoms with E-state index in [1.54, 1.807) is 0 Å². The quantitative estimate of drug-likeness (QED) is 0.171. The van der Waals surface area contributed by atoms with E-state index in [1.807, 2.05) is 91.0 Å². The van der Waals surface area contributed by atoms with E-state index in [1.165, 1.54) is 49.7 Å². The van der Waals surface area contributed by atoms with E-state index in [2.05, 4.69) is 91.0 Å². The molecule has 0 saturated carbocycles. The monoisotopic (exact) mass is 716 g/mol. The molecule has 0 saturated heterocycles. The van der Waals surface area contributed by atoms with Gasteiger partial charge >= 0.3 is 0 Å². The number of aromatic nitrogens is 4. The third kappa shape index (κ3) is 5.48. The van der Waals surface area contributed by atoms with Gasteiger partial charge in [0.05, 0.1) is 0 Å². The Morgan fingerprint density at radius 1 is 0.357 bits per heavy atom. The normalized spacial score (nSPS) is 11.9. The van der Waals surface area contributed by atoms with Gasteiger partial charge in [0.25, 0.3) is 0 Å². The summed E-state index contributed by atoms with van der Waals surface area (Å²) >= 11 is 0. The maximum absolute atomic E-state index is 6.22. The third-order valence-corrected chi connectivity index (χ3v) is 10.8. The molecule has 0 amide bonds.